The van der Waals surface area contributed by atoms with E-state index in [1.807, 2.05) is 4.90 Å². The standard InChI is InChI=1S/C19H20FNO2/c1-14-4-6-15(7-5-14)18-3-2-12-21(18)19(22)13-23-17-10-8-16(20)9-11-17/h4-11,18H,2-3,12-13H2,1H3. The van der Waals surface area contributed by atoms with Gasteiger partial charge in [-0.3, -0.25) is 4.79 Å². The summed E-state index contributed by atoms with van der Waals surface area (Å²) in [6.07, 6.45) is 1.98. The molecule has 1 unspecified atom stereocenters. The van der Waals surface area contributed by atoms with Gasteiger partial charge in [-0.2, -0.15) is 0 Å². The minimum atomic E-state index is -0.317. The molecule has 0 spiro atoms. The van der Waals surface area contributed by atoms with E-state index in [4.69, 9.17) is 4.74 Å². The molecular formula is C19H20FNO2. The molecule has 0 radical (unpaired) electrons. The number of amides is 1. The maximum atomic E-state index is 12.9. The number of aryl methyl sites for hydroxylation is 1. The van der Waals surface area contributed by atoms with Crippen molar-refractivity contribution in [2.75, 3.05) is 13.2 Å². The van der Waals surface area contributed by atoms with Crippen LogP contribution in [0.3, 0.4) is 0 Å². The molecule has 0 aliphatic carbocycles. The van der Waals surface area contributed by atoms with Crippen molar-refractivity contribution < 1.29 is 13.9 Å². The summed E-state index contributed by atoms with van der Waals surface area (Å²) in [6.45, 7) is 2.79. The molecule has 0 bridgehead atoms. The lowest BCUT2D eigenvalue weighted by Gasteiger charge is -2.25. The molecule has 4 heteroatoms. The average molecular weight is 313 g/mol. The number of benzene rings is 2. The monoisotopic (exact) mass is 313 g/mol. The van der Waals surface area contributed by atoms with E-state index in [0.29, 0.717) is 5.75 Å². The van der Waals surface area contributed by atoms with E-state index in [0.717, 1.165) is 19.4 Å². The molecule has 1 aliphatic rings. The van der Waals surface area contributed by atoms with Gasteiger partial charge < -0.3 is 9.64 Å². The van der Waals surface area contributed by atoms with Crippen LogP contribution in [0.1, 0.15) is 30.0 Å². The third-order valence-corrected chi connectivity index (χ3v) is 4.21. The fourth-order valence-corrected chi connectivity index (χ4v) is 2.96. The number of nitrogens with zero attached hydrogens (tertiary/aromatic N) is 1. The lowest BCUT2D eigenvalue weighted by Crippen LogP contribution is -2.34. The summed E-state index contributed by atoms with van der Waals surface area (Å²) in [6, 6.07) is 14.2. The van der Waals surface area contributed by atoms with E-state index in [1.54, 1.807) is 0 Å². The first kappa shape index (κ1) is 15.5. The predicted octanol–water partition coefficient (Wildman–Crippen LogP) is 3.88. The van der Waals surface area contributed by atoms with Crippen molar-refractivity contribution in [1.82, 2.24) is 4.90 Å². The van der Waals surface area contributed by atoms with Gasteiger partial charge in [-0.15, -0.1) is 0 Å². The molecule has 1 amide bonds. The molecule has 0 N–H and O–H groups in total. The molecule has 1 saturated heterocycles. The van der Waals surface area contributed by atoms with E-state index < -0.39 is 0 Å². The number of rotatable bonds is 4. The van der Waals surface area contributed by atoms with E-state index >= 15 is 0 Å². The van der Waals surface area contributed by atoms with Gasteiger partial charge in [-0.1, -0.05) is 29.8 Å². The van der Waals surface area contributed by atoms with Crippen molar-refractivity contribution in [1.29, 1.82) is 0 Å². The fraction of sp³-hybridized carbons (Fsp3) is 0.316. The zero-order valence-electron chi connectivity index (χ0n) is 13.2. The zero-order chi connectivity index (χ0) is 16.2. The van der Waals surface area contributed by atoms with Gasteiger partial charge in [0.1, 0.15) is 11.6 Å². The number of carbonyl (C=O) groups is 1. The molecule has 2 aromatic carbocycles. The van der Waals surface area contributed by atoms with Crippen LogP contribution >= 0.6 is 0 Å². The highest BCUT2D eigenvalue weighted by molar-refractivity contribution is 5.78. The van der Waals surface area contributed by atoms with Gasteiger partial charge >= 0.3 is 0 Å². The summed E-state index contributed by atoms with van der Waals surface area (Å²) >= 11 is 0. The molecule has 0 saturated carbocycles. The molecule has 0 aromatic heterocycles. The first-order chi connectivity index (χ1) is 11.1. The Morgan fingerprint density at radius 1 is 1.17 bits per heavy atom. The van der Waals surface area contributed by atoms with Crippen molar-refractivity contribution in [2.45, 2.75) is 25.8 Å². The van der Waals surface area contributed by atoms with Crippen molar-refractivity contribution in [2.24, 2.45) is 0 Å². The number of hydrogen-bond acceptors (Lipinski definition) is 2. The Bertz CT molecular complexity index is 667. The second-order valence-electron chi connectivity index (χ2n) is 5.90. The summed E-state index contributed by atoms with van der Waals surface area (Å²) in [5, 5.41) is 0. The van der Waals surface area contributed by atoms with Gasteiger partial charge in [-0.05, 0) is 49.6 Å². The zero-order valence-corrected chi connectivity index (χ0v) is 13.2. The predicted molar refractivity (Wildman–Crippen MR) is 86.8 cm³/mol. The number of carbonyl (C=O) groups excluding carboxylic acids is 1. The minimum Gasteiger partial charge on any atom is -0.484 e. The lowest BCUT2D eigenvalue weighted by atomic mass is 10.0. The Hall–Kier alpha value is -2.36. The molecule has 3 nitrogen and oxygen atoms in total. The number of ether oxygens (including phenoxy) is 1. The SMILES string of the molecule is Cc1ccc(C2CCCN2C(=O)COc2ccc(F)cc2)cc1. The molecule has 3 rings (SSSR count). The van der Waals surface area contributed by atoms with Crippen LogP contribution in [0.2, 0.25) is 0 Å². The highest BCUT2D eigenvalue weighted by Gasteiger charge is 2.29. The van der Waals surface area contributed by atoms with E-state index in [-0.39, 0.29) is 24.4 Å². The van der Waals surface area contributed by atoms with E-state index in [9.17, 15) is 9.18 Å². The summed E-state index contributed by atoms with van der Waals surface area (Å²) in [5.41, 5.74) is 2.38. The van der Waals surface area contributed by atoms with E-state index in [1.165, 1.54) is 35.4 Å². The van der Waals surface area contributed by atoms with E-state index in [2.05, 4.69) is 31.2 Å². The molecule has 1 atom stereocenters. The number of hydrogen-bond donors (Lipinski definition) is 0. The first-order valence-corrected chi connectivity index (χ1v) is 7.88. The van der Waals surface area contributed by atoms with Gasteiger partial charge in [0, 0.05) is 6.54 Å². The maximum absolute atomic E-state index is 12.9. The topological polar surface area (TPSA) is 29.5 Å². The molecule has 23 heavy (non-hydrogen) atoms. The third-order valence-electron chi connectivity index (χ3n) is 4.21. The largest absolute Gasteiger partial charge is 0.484 e. The van der Waals surface area contributed by atoms with Crippen LogP contribution in [-0.2, 0) is 4.79 Å². The van der Waals surface area contributed by atoms with Crippen molar-refractivity contribution in [3.8, 4) is 5.75 Å². The van der Waals surface area contributed by atoms with Gasteiger partial charge in [0.25, 0.3) is 5.91 Å². The van der Waals surface area contributed by atoms with Gasteiger partial charge in [0.05, 0.1) is 6.04 Å². The summed E-state index contributed by atoms with van der Waals surface area (Å²) in [4.78, 5) is 14.3. The molecule has 120 valence electrons. The number of likely N-dealkylation sites (tertiary alicyclic amines) is 1. The lowest BCUT2D eigenvalue weighted by molar-refractivity contribution is -0.134. The second kappa shape index (κ2) is 6.82. The molecule has 1 heterocycles. The van der Waals surface area contributed by atoms with Crippen LogP contribution in [-0.4, -0.2) is 24.0 Å². The molecule has 1 aliphatic heterocycles. The average Bonchev–Trinajstić information content (AvgIpc) is 3.04. The fourth-order valence-electron chi connectivity index (χ4n) is 2.96. The Balaban J connectivity index is 1.63. The summed E-state index contributed by atoms with van der Waals surface area (Å²) in [5.74, 6) is 0.158. The first-order valence-electron chi connectivity index (χ1n) is 7.88. The van der Waals surface area contributed by atoms with Crippen molar-refractivity contribution in [3.05, 3.63) is 65.5 Å². The smallest absolute Gasteiger partial charge is 0.261 e. The van der Waals surface area contributed by atoms with Crippen LogP contribution in [0.15, 0.2) is 48.5 Å². The highest BCUT2D eigenvalue weighted by atomic mass is 19.1. The van der Waals surface area contributed by atoms with Crippen LogP contribution in [0, 0.1) is 12.7 Å². The molecule has 1 fully saturated rings. The quantitative estimate of drug-likeness (QED) is 0.857. The normalized spacial score (nSPS) is 17.3. The Morgan fingerprint density at radius 3 is 2.57 bits per heavy atom. The Kier molecular flexibility index (Phi) is 4.60. The summed E-state index contributed by atoms with van der Waals surface area (Å²) in [7, 11) is 0. The van der Waals surface area contributed by atoms with Crippen LogP contribution in [0.4, 0.5) is 4.39 Å². The highest BCUT2D eigenvalue weighted by Crippen LogP contribution is 2.32. The summed E-state index contributed by atoms with van der Waals surface area (Å²) < 4.78 is 18.3. The Labute approximate surface area is 135 Å². The van der Waals surface area contributed by atoms with Crippen LogP contribution < -0.4 is 4.74 Å². The minimum absolute atomic E-state index is 0.0198. The van der Waals surface area contributed by atoms with Crippen molar-refractivity contribution >= 4 is 5.91 Å². The number of halogens is 1. The van der Waals surface area contributed by atoms with Crippen LogP contribution in [0.25, 0.3) is 0 Å². The maximum Gasteiger partial charge on any atom is 0.261 e. The van der Waals surface area contributed by atoms with Crippen LogP contribution in [0.5, 0.6) is 5.75 Å². The second-order valence-corrected chi connectivity index (χ2v) is 5.90. The third kappa shape index (κ3) is 3.70. The van der Waals surface area contributed by atoms with Crippen molar-refractivity contribution in [3.63, 3.8) is 0 Å². The molecular weight excluding hydrogens is 293 g/mol. The van der Waals surface area contributed by atoms with Gasteiger partial charge in [-0.25, -0.2) is 4.39 Å². The molecule has 2 aromatic rings. The van der Waals surface area contributed by atoms with Gasteiger partial charge in [0.2, 0.25) is 0 Å². The Morgan fingerprint density at radius 2 is 1.87 bits per heavy atom. The van der Waals surface area contributed by atoms with Gasteiger partial charge in [0.15, 0.2) is 6.61 Å².